The first-order chi connectivity index (χ1) is 6.86. The summed E-state index contributed by atoms with van der Waals surface area (Å²) in [5.74, 6) is 0.529. The van der Waals surface area contributed by atoms with Crippen molar-refractivity contribution in [1.82, 2.24) is 9.55 Å². The molecule has 2 rings (SSSR count). The minimum absolute atomic E-state index is 0.422. The fourth-order valence-electron chi connectivity index (χ4n) is 1.87. The highest BCUT2D eigenvalue weighted by atomic mass is 16.5. The third-order valence-corrected chi connectivity index (χ3v) is 2.75. The number of rotatable bonds is 3. The van der Waals surface area contributed by atoms with E-state index in [-0.39, 0.29) is 0 Å². The highest BCUT2D eigenvalue weighted by Gasteiger charge is 2.13. The van der Waals surface area contributed by atoms with Crippen LogP contribution < -0.4 is 5.73 Å². The summed E-state index contributed by atoms with van der Waals surface area (Å²) >= 11 is 0. The zero-order chi connectivity index (χ0) is 9.80. The summed E-state index contributed by atoms with van der Waals surface area (Å²) in [7, 11) is 0. The standard InChI is InChI=1S/C10H17N3O/c11-10-12-6-7-13(10)8-14-9-4-2-1-3-5-9/h6-7,9H,1-5,8H2,(H2,11,12). The minimum atomic E-state index is 0.422. The normalized spacial score (nSPS) is 18.6. The summed E-state index contributed by atoms with van der Waals surface area (Å²) in [5, 5.41) is 0. The van der Waals surface area contributed by atoms with Crippen LogP contribution >= 0.6 is 0 Å². The predicted octanol–water partition coefficient (Wildman–Crippen LogP) is 1.77. The van der Waals surface area contributed by atoms with Gasteiger partial charge < -0.3 is 10.5 Å². The van der Waals surface area contributed by atoms with Gasteiger partial charge in [0, 0.05) is 12.4 Å². The van der Waals surface area contributed by atoms with Crippen LogP contribution in [0.5, 0.6) is 0 Å². The number of hydrogen-bond donors (Lipinski definition) is 1. The molecule has 2 N–H and O–H groups in total. The monoisotopic (exact) mass is 195 g/mol. The molecule has 0 spiro atoms. The van der Waals surface area contributed by atoms with Gasteiger partial charge in [-0.1, -0.05) is 19.3 Å². The second-order valence-corrected chi connectivity index (χ2v) is 3.81. The smallest absolute Gasteiger partial charge is 0.202 e. The van der Waals surface area contributed by atoms with Gasteiger partial charge in [0.1, 0.15) is 6.73 Å². The number of hydrogen-bond acceptors (Lipinski definition) is 3. The van der Waals surface area contributed by atoms with Crippen molar-refractivity contribution in [3.8, 4) is 0 Å². The molecule has 0 aromatic carbocycles. The van der Waals surface area contributed by atoms with E-state index in [4.69, 9.17) is 10.5 Å². The van der Waals surface area contributed by atoms with Crippen LogP contribution in [-0.4, -0.2) is 15.7 Å². The zero-order valence-electron chi connectivity index (χ0n) is 8.35. The molecular weight excluding hydrogens is 178 g/mol. The second-order valence-electron chi connectivity index (χ2n) is 3.81. The SMILES string of the molecule is Nc1nccn1COC1CCCCC1. The Labute approximate surface area is 84.1 Å². The molecule has 1 fully saturated rings. The zero-order valence-corrected chi connectivity index (χ0v) is 8.35. The van der Waals surface area contributed by atoms with Gasteiger partial charge in [0.25, 0.3) is 0 Å². The number of nitrogen functional groups attached to an aromatic ring is 1. The molecule has 0 radical (unpaired) electrons. The lowest BCUT2D eigenvalue weighted by Gasteiger charge is -2.22. The predicted molar refractivity (Wildman–Crippen MR) is 54.6 cm³/mol. The van der Waals surface area contributed by atoms with E-state index in [1.165, 1.54) is 32.1 Å². The Balaban J connectivity index is 1.79. The Morgan fingerprint density at radius 2 is 2.21 bits per heavy atom. The summed E-state index contributed by atoms with van der Waals surface area (Å²) in [6.45, 7) is 0.538. The number of ether oxygens (including phenoxy) is 1. The van der Waals surface area contributed by atoms with Gasteiger partial charge in [-0.25, -0.2) is 4.98 Å². The van der Waals surface area contributed by atoms with Crippen LogP contribution in [0.15, 0.2) is 12.4 Å². The average molecular weight is 195 g/mol. The summed E-state index contributed by atoms with van der Waals surface area (Å²) in [6.07, 6.45) is 10.3. The Morgan fingerprint density at radius 3 is 2.86 bits per heavy atom. The molecule has 4 heteroatoms. The third-order valence-electron chi connectivity index (χ3n) is 2.75. The number of nitrogens with two attached hydrogens (primary N) is 1. The van der Waals surface area contributed by atoms with Crippen LogP contribution in [0.1, 0.15) is 32.1 Å². The van der Waals surface area contributed by atoms with Crippen LogP contribution in [0.25, 0.3) is 0 Å². The van der Waals surface area contributed by atoms with Crippen LogP contribution in [0.2, 0.25) is 0 Å². The first-order valence-corrected chi connectivity index (χ1v) is 5.24. The molecule has 0 atom stereocenters. The van der Waals surface area contributed by atoms with Crippen molar-refractivity contribution in [1.29, 1.82) is 0 Å². The molecular formula is C10H17N3O. The molecule has 1 heterocycles. The van der Waals surface area contributed by atoms with Crippen molar-refractivity contribution in [2.75, 3.05) is 5.73 Å². The van der Waals surface area contributed by atoms with Crippen LogP contribution in [0.4, 0.5) is 5.95 Å². The van der Waals surface area contributed by atoms with E-state index in [2.05, 4.69) is 4.98 Å². The Morgan fingerprint density at radius 1 is 1.43 bits per heavy atom. The van der Waals surface area contributed by atoms with E-state index in [0.29, 0.717) is 18.8 Å². The molecule has 14 heavy (non-hydrogen) atoms. The van der Waals surface area contributed by atoms with E-state index in [1.54, 1.807) is 6.20 Å². The molecule has 0 saturated heterocycles. The molecule has 1 saturated carbocycles. The Bertz CT molecular complexity index is 279. The molecule has 0 aliphatic heterocycles. The van der Waals surface area contributed by atoms with Gasteiger partial charge in [-0.05, 0) is 12.8 Å². The molecule has 0 bridgehead atoms. The Hall–Kier alpha value is -1.03. The summed E-state index contributed by atoms with van der Waals surface area (Å²) in [5.41, 5.74) is 5.63. The number of imidazole rings is 1. The highest BCUT2D eigenvalue weighted by Crippen LogP contribution is 2.20. The van der Waals surface area contributed by atoms with E-state index in [0.717, 1.165) is 0 Å². The summed E-state index contributed by atoms with van der Waals surface area (Å²) < 4.78 is 7.58. The van der Waals surface area contributed by atoms with Gasteiger partial charge in [0.2, 0.25) is 5.95 Å². The first kappa shape index (κ1) is 9.52. The van der Waals surface area contributed by atoms with Gasteiger partial charge >= 0.3 is 0 Å². The molecule has 0 amide bonds. The van der Waals surface area contributed by atoms with Crippen molar-refractivity contribution in [3.05, 3.63) is 12.4 Å². The number of nitrogens with zero attached hydrogens (tertiary/aromatic N) is 2. The molecule has 1 aliphatic carbocycles. The van der Waals surface area contributed by atoms with Gasteiger partial charge in [-0.15, -0.1) is 0 Å². The second kappa shape index (κ2) is 4.46. The van der Waals surface area contributed by atoms with Crippen molar-refractivity contribution in [2.45, 2.75) is 44.9 Å². The lowest BCUT2D eigenvalue weighted by molar-refractivity contribution is -0.0117. The molecule has 78 valence electrons. The van der Waals surface area contributed by atoms with Crippen LogP contribution in [-0.2, 0) is 11.5 Å². The van der Waals surface area contributed by atoms with E-state index < -0.39 is 0 Å². The topological polar surface area (TPSA) is 53.1 Å². The lowest BCUT2D eigenvalue weighted by Crippen LogP contribution is -2.18. The summed E-state index contributed by atoms with van der Waals surface area (Å²) in [4.78, 5) is 3.94. The summed E-state index contributed by atoms with van der Waals surface area (Å²) in [6, 6.07) is 0. The first-order valence-electron chi connectivity index (χ1n) is 5.24. The quantitative estimate of drug-likeness (QED) is 0.799. The molecule has 4 nitrogen and oxygen atoms in total. The van der Waals surface area contributed by atoms with E-state index in [1.807, 2.05) is 10.8 Å². The van der Waals surface area contributed by atoms with Crippen molar-refractivity contribution < 1.29 is 4.74 Å². The lowest BCUT2D eigenvalue weighted by atomic mass is 9.98. The van der Waals surface area contributed by atoms with Crippen molar-refractivity contribution in [3.63, 3.8) is 0 Å². The average Bonchev–Trinajstić information content (AvgIpc) is 2.63. The minimum Gasteiger partial charge on any atom is -0.369 e. The highest BCUT2D eigenvalue weighted by molar-refractivity contribution is 5.15. The fraction of sp³-hybridized carbons (Fsp3) is 0.700. The largest absolute Gasteiger partial charge is 0.369 e. The number of anilines is 1. The maximum atomic E-state index is 5.75. The van der Waals surface area contributed by atoms with Gasteiger partial charge in [-0.2, -0.15) is 0 Å². The van der Waals surface area contributed by atoms with Gasteiger partial charge in [-0.3, -0.25) is 4.57 Å². The van der Waals surface area contributed by atoms with Gasteiger partial charge in [0.15, 0.2) is 0 Å². The van der Waals surface area contributed by atoms with E-state index in [9.17, 15) is 0 Å². The van der Waals surface area contributed by atoms with Crippen LogP contribution in [0.3, 0.4) is 0 Å². The molecule has 1 aromatic heterocycles. The van der Waals surface area contributed by atoms with Crippen molar-refractivity contribution >= 4 is 5.95 Å². The Kier molecular flexibility index (Phi) is 3.03. The van der Waals surface area contributed by atoms with Gasteiger partial charge in [0.05, 0.1) is 6.10 Å². The van der Waals surface area contributed by atoms with E-state index >= 15 is 0 Å². The maximum Gasteiger partial charge on any atom is 0.202 e. The third kappa shape index (κ3) is 2.26. The molecule has 0 unspecified atom stereocenters. The molecule has 1 aliphatic rings. The molecule has 1 aromatic rings. The fourth-order valence-corrected chi connectivity index (χ4v) is 1.87. The maximum absolute atomic E-state index is 5.75. The van der Waals surface area contributed by atoms with Crippen molar-refractivity contribution in [2.24, 2.45) is 0 Å². The number of aromatic nitrogens is 2. The van der Waals surface area contributed by atoms with Crippen LogP contribution in [0, 0.1) is 0 Å².